The number of aliphatic hydroxyl groups is 1. The number of para-hydroxylation sites is 1. The molecule has 0 bridgehead atoms. The molecule has 6 nitrogen and oxygen atoms in total. The Bertz CT molecular complexity index is 847. The van der Waals surface area contributed by atoms with Crippen LogP contribution in [0, 0.1) is 0 Å². The van der Waals surface area contributed by atoms with Crippen molar-refractivity contribution < 1.29 is 14.6 Å². The average Bonchev–Trinajstić information content (AvgIpc) is 3.20. The van der Waals surface area contributed by atoms with Crippen molar-refractivity contribution >= 4 is 5.91 Å². The maximum Gasteiger partial charge on any atom is 0.253 e. The zero-order chi connectivity index (χ0) is 17.6. The second-order valence-electron chi connectivity index (χ2n) is 5.47. The first-order valence-electron chi connectivity index (χ1n) is 7.88. The Hall–Kier alpha value is -3.12. The molecule has 3 rings (SSSR count). The van der Waals surface area contributed by atoms with E-state index in [1.165, 1.54) is 0 Å². The molecule has 25 heavy (non-hydrogen) atoms. The van der Waals surface area contributed by atoms with Crippen molar-refractivity contribution in [2.75, 3.05) is 13.7 Å². The third-order valence-electron chi connectivity index (χ3n) is 3.83. The molecule has 1 heterocycles. The number of nitrogens with one attached hydrogen (secondary N) is 1. The maximum atomic E-state index is 12.5. The van der Waals surface area contributed by atoms with Crippen LogP contribution in [0.2, 0.25) is 0 Å². The lowest BCUT2D eigenvalue weighted by Crippen LogP contribution is -2.29. The molecule has 2 aromatic carbocycles. The van der Waals surface area contributed by atoms with E-state index in [1.807, 2.05) is 12.1 Å². The summed E-state index contributed by atoms with van der Waals surface area (Å²) in [5.41, 5.74) is 1.85. The van der Waals surface area contributed by atoms with Gasteiger partial charge in [-0.3, -0.25) is 4.79 Å². The number of hydrogen-bond acceptors (Lipinski definition) is 4. The Kier molecular flexibility index (Phi) is 5.11. The van der Waals surface area contributed by atoms with E-state index in [1.54, 1.807) is 66.6 Å². The van der Waals surface area contributed by atoms with Gasteiger partial charge in [-0.05, 0) is 35.9 Å². The smallest absolute Gasteiger partial charge is 0.253 e. The van der Waals surface area contributed by atoms with E-state index >= 15 is 0 Å². The summed E-state index contributed by atoms with van der Waals surface area (Å²) in [5, 5.41) is 17.2. The molecule has 1 atom stereocenters. The SMILES string of the molecule is COc1cccc(C(O)CNC(=O)c2ccccc2-n2cccn2)c1. The van der Waals surface area contributed by atoms with Crippen LogP contribution >= 0.6 is 0 Å². The van der Waals surface area contributed by atoms with Crippen LogP contribution in [0.25, 0.3) is 5.69 Å². The quantitative estimate of drug-likeness (QED) is 0.724. The van der Waals surface area contributed by atoms with Crippen LogP contribution < -0.4 is 10.1 Å². The highest BCUT2D eigenvalue weighted by molar-refractivity contribution is 5.97. The number of nitrogens with zero attached hydrogens (tertiary/aromatic N) is 2. The number of benzene rings is 2. The van der Waals surface area contributed by atoms with Crippen molar-refractivity contribution in [3.63, 3.8) is 0 Å². The van der Waals surface area contributed by atoms with Crippen LogP contribution in [0.4, 0.5) is 0 Å². The number of carbonyl (C=O) groups is 1. The van der Waals surface area contributed by atoms with Crippen molar-refractivity contribution in [1.82, 2.24) is 15.1 Å². The topological polar surface area (TPSA) is 76.4 Å². The molecule has 0 saturated heterocycles. The molecule has 1 unspecified atom stereocenters. The van der Waals surface area contributed by atoms with E-state index in [2.05, 4.69) is 10.4 Å². The Morgan fingerprint density at radius 1 is 1.24 bits per heavy atom. The van der Waals surface area contributed by atoms with Crippen LogP contribution in [0.3, 0.4) is 0 Å². The molecule has 128 valence electrons. The van der Waals surface area contributed by atoms with Crippen molar-refractivity contribution in [3.05, 3.63) is 78.1 Å². The molecule has 0 radical (unpaired) electrons. The van der Waals surface area contributed by atoms with Gasteiger partial charge >= 0.3 is 0 Å². The highest BCUT2D eigenvalue weighted by Crippen LogP contribution is 2.19. The van der Waals surface area contributed by atoms with Gasteiger partial charge in [0.15, 0.2) is 0 Å². The van der Waals surface area contributed by atoms with Crippen molar-refractivity contribution in [2.45, 2.75) is 6.10 Å². The normalized spacial score (nSPS) is 11.8. The predicted octanol–water partition coefficient (Wildman–Crippen LogP) is 2.34. The molecule has 0 aliphatic heterocycles. The second-order valence-corrected chi connectivity index (χ2v) is 5.47. The van der Waals surface area contributed by atoms with Crippen LogP contribution in [0.15, 0.2) is 67.0 Å². The minimum atomic E-state index is -0.823. The highest BCUT2D eigenvalue weighted by atomic mass is 16.5. The molecule has 0 spiro atoms. The van der Waals surface area contributed by atoms with Crippen LogP contribution in [0.1, 0.15) is 22.0 Å². The summed E-state index contributed by atoms with van der Waals surface area (Å²) in [7, 11) is 1.57. The number of aliphatic hydroxyl groups excluding tert-OH is 1. The summed E-state index contributed by atoms with van der Waals surface area (Å²) in [4.78, 5) is 12.5. The predicted molar refractivity (Wildman–Crippen MR) is 93.9 cm³/mol. The minimum absolute atomic E-state index is 0.0967. The summed E-state index contributed by atoms with van der Waals surface area (Å²) < 4.78 is 6.78. The fourth-order valence-electron chi connectivity index (χ4n) is 2.53. The maximum absolute atomic E-state index is 12.5. The standard InChI is InChI=1S/C19H19N3O3/c1-25-15-7-4-6-14(12-15)18(23)13-20-19(24)16-8-2-3-9-17(16)22-11-5-10-21-22/h2-12,18,23H,13H2,1H3,(H,20,24). The lowest BCUT2D eigenvalue weighted by atomic mass is 10.1. The van der Waals surface area contributed by atoms with Gasteiger partial charge in [-0.2, -0.15) is 5.10 Å². The van der Waals surface area contributed by atoms with Gasteiger partial charge in [-0.25, -0.2) is 4.68 Å². The van der Waals surface area contributed by atoms with E-state index in [0.29, 0.717) is 22.6 Å². The van der Waals surface area contributed by atoms with E-state index in [9.17, 15) is 9.90 Å². The summed E-state index contributed by atoms with van der Waals surface area (Å²) in [5.74, 6) is 0.389. The molecule has 3 aromatic rings. The summed E-state index contributed by atoms with van der Waals surface area (Å²) in [6, 6.07) is 16.1. The van der Waals surface area contributed by atoms with Crippen LogP contribution in [0.5, 0.6) is 5.75 Å². The molecular formula is C19H19N3O3. The fourth-order valence-corrected chi connectivity index (χ4v) is 2.53. The molecular weight excluding hydrogens is 318 g/mol. The van der Waals surface area contributed by atoms with E-state index in [0.717, 1.165) is 0 Å². The third kappa shape index (κ3) is 3.87. The van der Waals surface area contributed by atoms with Gasteiger partial charge in [0.1, 0.15) is 5.75 Å². The second kappa shape index (κ2) is 7.63. The lowest BCUT2D eigenvalue weighted by molar-refractivity contribution is 0.0916. The van der Waals surface area contributed by atoms with Crippen molar-refractivity contribution in [1.29, 1.82) is 0 Å². The Labute approximate surface area is 145 Å². The number of aromatic nitrogens is 2. The zero-order valence-electron chi connectivity index (χ0n) is 13.8. The molecule has 1 aromatic heterocycles. The largest absolute Gasteiger partial charge is 0.497 e. The molecule has 0 aliphatic rings. The molecule has 0 aliphatic carbocycles. The van der Waals surface area contributed by atoms with Crippen molar-refractivity contribution in [2.24, 2.45) is 0 Å². The van der Waals surface area contributed by atoms with E-state index in [4.69, 9.17) is 4.74 Å². The number of amides is 1. The molecule has 0 saturated carbocycles. The molecule has 1 amide bonds. The van der Waals surface area contributed by atoms with Crippen molar-refractivity contribution in [3.8, 4) is 11.4 Å². The van der Waals surface area contributed by atoms with Crippen LogP contribution in [-0.2, 0) is 0 Å². The van der Waals surface area contributed by atoms with Gasteiger partial charge in [0.2, 0.25) is 0 Å². The monoisotopic (exact) mass is 337 g/mol. The number of methoxy groups -OCH3 is 1. The average molecular weight is 337 g/mol. The summed E-state index contributed by atoms with van der Waals surface area (Å²) >= 11 is 0. The first-order valence-corrected chi connectivity index (χ1v) is 7.88. The fraction of sp³-hybridized carbons (Fsp3) is 0.158. The number of ether oxygens (including phenoxy) is 1. The summed E-state index contributed by atoms with van der Waals surface area (Å²) in [6.07, 6.45) is 2.61. The van der Waals surface area contributed by atoms with Gasteiger partial charge in [-0.15, -0.1) is 0 Å². The van der Waals surface area contributed by atoms with Crippen LogP contribution in [-0.4, -0.2) is 34.4 Å². The zero-order valence-corrected chi connectivity index (χ0v) is 13.8. The Morgan fingerprint density at radius 2 is 2.08 bits per heavy atom. The molecule has 0 fully saturated rings. The van der Waals surface area contributed by atoms with Gasteiger partial charge < -0.3 is 15.2 Å². The van der Waals surface area contributed by atoms with E-state index < -0.39 is 6.10 Å². The lowest BCUT2D eigenvalue weighted by Gasteiger charge is -2.14. The summed E-state index contributed by atoms with van der Waals surface area (Å²) in [6.45, 7) is 0.0967. The first-order chi connectivity index (χ1) is 12.2. The Balaban J connectivity index is 1.71. The minimum Gasteiger partial charge on any atom is -0.497 e. The third-order valence-corrected chi connectivity index (χ3v) is 3.83. The van der Waals surface area contributed by atoms with Gasteiger partial charge in [0, 0.05) is 18.9 Å². The van der Waals surface area contributed by atoms with Gasteiger partial charge in [0.05, 0.1) is 24.5 Å². The molecule has 2 N–H and O–H groups in total. The molecule has 6 heteroatoms. The van der Waals surface area contributed by atoms with E-state index in [-0.39, 0.29) is 12.5 Å². The number of rotatable bonds is 6. The highest BCUT2D eigenvalue weighted by Gasteiger charge is 2.15. The number of hydrogen-bond donors (Lipinski definition) is 2. The van der Waals surface area contributed by atoms with Gasteiger partial charge in [-0.1, -0.05) is 24.3 Å². The van der Waals surface area contributed by atoms with Gasteiger partial charge in [0.25, 0.3) is 5.91 Å². The number of carbonyl (C=O) groups excluding carboxylic acids is 1. The Morgan fingerprint density at radius 3 is 2.84 bits per heavy atom. The first kappa shape index (κ1) is 16.7.